The molecule has 2 amide bonds. The monoisotopic (exact) mass is 436 g/mol. The van der Waals surface area contributed by atoms with Crippen LogP contribution in [0, 0.1) is 0 Å². The summed E-state index contributed by atoms with van der Waals surface area (Å²) in [6.07, 6.45) is 4.03. The number of nitrogens with zero attached hydrogens (tertiary/aromatic N) is 2. The molecule has 0 saturated heterocycles. The Bertz CT molecular complexity index is 1160. The van der Waals surface area contributed by atoms with Gasteiger partial charge in [-0.05, 0) is 74.2 Å². The summed E-state index contributed by atoms with van der Waals surface area (Å²) in [4.78, 5) is 25.2. The zero-order chi connectivity index (χ0) is 21.5. The average Bonchev–Trinajstić information content (AvgIpc) is 3.69. The Morgan fingerprint density at radius 3 is 2.45 bits per heavy atom. The molecule has 2 aromatic carbocycles. The molecule has 7 nitrogen and oxygen atoms in total. The number of hydrogen-bond donors (Lipinski definition) is 3. The van der Waals surface area contributed by atoms with Crippen molar-refractivity contribution >= 4 is 29.2 Å². The molecule has 0 atom stereocenters. The van der Waals surface area contributed by atoms with Crippen LogP contribution < -0.4 is 10.6 Å². The first-order valence-corrected chi connectivity index (χ1v) is 10.7. The summed E-state index contributed by atoms with van der Waals surface area (Å²) >= 11 is 5.88. The van der Waals surface area contributed by atoms with Gasteiger partial charge in [0.2, 0.25) is 0 Å². The van der Waals surface area contributed by atoms with E-state index in [0.717, 1.165) is 31.4 Å². The topological polar surface area (TPSA) is 96.2 Å². The second-order valence-corrected chi connectivity index (χ2v) is 8.49. The molecule has 2 saturated carbocycles. The molecule has 1 heterocycles. The first kappa shape index (κ1) is 19.6. The minimum atomic E-state index is -0.290. The number of carbonyl (C=O) groups excluding carboxylic acids is 2. The number of aromatic hydroxyl groups is 1. The van der Waals surface area contributed by atoms with E-state index in [1.54, 1.807) is 36.4 Å². The van der Waals surface area contributed by atoms with Crippen molar-refractivity contribution in [3.05, 3.63) is 64.8 Å². The molecule has 2 aliphatic carbocycles. The zero-order valence-corrected chi connectivity index (χ0v) is 17.4. The Morgan fingerprint density at radius 2 is 1.77 bits per heavy atom. The molecule has 0 aliphatic heterocycles. The number of benzene rings is 2. The van der Waals surface area contributed by atoms with E-state index in [9.17, 15) is 14.7 Å². The normalized spacial score (nSPS) is 15.5. The van der Waals surface area contributed by atoms with Gasteiger partial charge in [0.15, 0.2) is 0 Å². The predicted octanol–water partition coefficient (Wildman–Crippen LogP) is 4.76. The first-order valence-electron chi connectivity index (χ1n) is 10.3. The van der Waals surface area contributed by atoms with Crippen LogP contribution in [0.4, 0.5) is 10.5 Å². The van der Waals surface area contributed by atoms with Crippen LogP contribution in [-0.4, -0.2) is 32.9 Å². The summed E-state index contributed by atoms with van der Waals surface area (Å²) < 4.78 is 1.42. The lowest BCUT2D eigenvalue weighted by Crippen LogP contribution is -2.32. The second kappa shape index (κ2) is 7.74. The largest absolute Gasteiger partial charge is 0.507 e. The highest BCUT2D eigenvalue weighted by molar-refractivity contribution is 6.30. The van der Waals surface area contributed by atoms with Gasteiger partial charge in [0.1, 0.15) is 5.75 Å². The van der Waals surface area contributed by atoms with Gasteiger partial charge in [-0.25, -0.2) is 4.79 Å². The SMILES string of the molecule is O=C(Nc1ccc(O)c(-c2cc(C3CC3)n(C(=O)NC3CC3)n2)c1)c1ccc(Cl)cc1. The van der Waals surface area contributed by atoms with Gasteiger partial charge >= 0.3 is 6.03 Å². The highest BCUT2D eigenvalue weighted by Gasteiger charge is 2.32. The van der Waals surface area contributed by atoms with Crippen molar-refractivity contribution in [3.8, 4) is 17.0 Å². The number of carbonyl (C=O) groups is 2. The molecule has 5 rings (SSSR count). The van der Waals surface area contributed by atoms with E-state index in [0.29, 0.717) is 33.4 Å². The minimum Gasteiger partial charge on any atom is -0.507 e. The third kappa shape index (κ3) is 4.27. The van der Waals surface area contributed by atoms with Crippen molar-refractivity contribution in [2.24, 2.45) is 0 Å². The van der Waals surface area contributed by atoms with Crippen LogP contribution in [0.2, 0.25) is 5.02 Å². The molecule has 0 radical (unpaired) electrons. The van der Waals surface area contributed by atoms with Crippen LogP contribution in [0.1, 0.15) is 47.7 Å². The van der Waals surface area contributed by atoms with Crippen LogP contribution in [-0.2, 0) is 0 Å². The number of phenolic OH excluding ortho intramolecular Hbond substituents is 1. The highest BCUT2D eigenvalue weighted by atomic mass is 35.5. The smallest absolute Gasteiger partial charge is 0.342 e. The van der Waals surface area contributed by atoms with E-state index in [2.05, 4.69) is 15.7 Å². The van der Waals surface area contributed by atoms with Gasteiger partial charge in [-0.15, -0.1) is 0 Å². The quantitative estimate of drug-likeness (QED) is 0.502. The van der Waals surface area contributed by atoms with Gasteiger partial charge in [-0.1, -0.05) is 11.6 Å². The molecule has 0 bridgehead atoms. The molecule has 3 aromatic rings. The van der Waals surface area contributed by atoms with Crippen molar-refractivity contribution in [1.29, 1.82) is 0 Å². The second-order valence-electron chi connectivity index (χ2n) is 8.06. The van der Waals surface area contributed by atoms with Gasteiger partial charge in [-0.2, -0.15) is 9.78 Å². The fourth-order valence-electron chi connectivity index (χ4n) is 3.45. The lowest BCUT2D eigenvalue weighted by Gasteiger charge is -2.08. The molecule has 31 heavy (non-hydrogen) atoms. The van der Waals surface area contributed by atoms with Crippen molar-refractivity contribution < 1.29 is 14.7 Å². The maximum absolute atomic E-state index is 12.6. The maximum Gasteiger partial charge on any atom is 0.342 e. The molecule has 0 spiro atoms. The summed E-state index contributed by atoms with van der Waals surface area (Å²) in [5.74, 6) is 0.0431. The molecule has 158 valence electrons. The number of phenols is 1. The lowest BCUT2D eigenvalue weighted by molar-refractivity contribution is 0.102. The van der Waals surface area contributed by atoms with Gasteiger partial charge in [-0.3, -0.25) is 4.79 Å². The number of rotatable bonds is 5. The Kier molecular flexibility index (Phi) is 4.90. The summed E-state index contributed by atoms with van der Waals surface area (Å²) in [7, 11) is 0. The minimum absolute atomic E-state index is 0.0269. The number of hydrogen-bond acceptors (Lipinski definition) is 4. The Labute approximate surface area is 184 Å². The number of nitrogens with one attached hydrogen (secondary N) is 2. The molecular weight excluding hydrogens is 416 g/mol. The first-order chi connectivity index (χ1) is 15.0. The van der Waals surface area contributed by atoms with Crippen LogP contribution in [0.3, 0.4) is 0 Å². The van der Waals surface area contributed by atoms with Crippen molar-refractivity contribution in [3.63, 3.8) is 0 Å². The van der Waals surface area contributed by atoms with Gasteiger partial charge in [0.05, 0.1) is 11.4 Å². The third-order valence-corrected chi connectivity index (χ3v) is 5.72. The Hall–Kier alpha value is -3.32. The zero-order valence-electron chi connectivity index (χ0n) is 16.6. The fourth-order valence-corrected chi connectivity index (χ4v) is 3.57. The van der Waals surface area contributed by atoms with E-state index >= 15 is 0 Å². The van der Waals surface area contributed by atoms with E-state index in [4.69, 9.17) is 11.6 Å². The van der Waals surface area contributed by atoms with Crippen LogP contribution in [0.5, 0.6) is 5.75 Å². The van der Waals surface area contributed by atoms with E-state index < -0.39 is 0 Å². The fraction of sp³-hybridized carbons (Fsp3) is 0.261. The highest BCUT2D eigenvalue weighted by Crippen LogP contribution is 2.42. The van der Waals surface area contributed by atoms with Crippen molar-refractivity contribution in [2.45, 2.75) is 37.6 Å². The number of amides is 2. The summed E-state index contributed by atoms with van der Waals surface area (Å²) in [6, 6.07) is 13.2. The van der Waals surface area contributed by atoms with Gasteiger partial charge in [0.25, 0.3) is 5.91 Å². The molecule has 2 aliphatic rings. The molecule has 3 N–H and O–H groups in total. The van der Waals surface area contributed by atoms with Crippen LogP contribution in [0.25, 0.3) is 11.3 Å². The van der Waals surface area contributed by atoms with Crippen molar-refractivity contribution in [1.82, 2.24) is 15.1 Å². The molecule has 8 heteroatoms. The molecule has 2 fully saturated rings. The number of halogens is 1. The predicted molar refractivity (Wildman–Crippen MR) is 118 cm³/mol. The van der Waals surface area contributed by atoms with Gasteiger partial charge < -0.3 is 15.7 Å². The van der Waals surface area contributed by atoms with Crippen LogP contribution >= 0.6 is 11.6 Å². The van der Waals surface area contributed by atoms with Crippen LogP contribution in [0.15, 0.2) is 48.5 Å². The van der Waals surface area contributed by atoms with E-state index in [1.807, 2.05) is 6.07 Å². The van der Waals surface area contributed by atoms with E-state index in [1.165, 1.54) is 10.7 Å². The molecular formula is C23H21ClN4O3. The maximum atomic E-state index is 12.6. The van der Waals surface area contributed by atoms with Gasteiger partial charge in [0, 0.05) is 33.8 Å². The van der Waals surface area contributed by atoms with Crippen molar-refractivity contribution in [2.75, 3.05) is 5.32 Å². The lowest BCUT2D eigenvalue weighted by atomic mass is 10.1. The van der Waals surface area contributed by atoms with E-state index in [-0.39, 0.29) is 23.7 Å². The number of anilines is 1. The summed E-state index contributed by atoms with van der Waals surface area (Å²) in [6.45, 7) is 0. The standard InChI is InChI=1S/C23H21ClN4O3/c24-15-5-3-14(4-6-15)22(30)25-17-9-10-21(29)18(11-17)19-12-20(13-1-2-13)28(27-19)23(31)26-16-7-8-16/h3-6,9-13,16,29H,1-2,7-8H2,(H,25,30)(H,26,31). The third-order valence-electron chi connectivity index (χ3n) is 5.47. The Balaban J connectivity index is 1.43. The summed E-state index contributed by atoms with van der Waals surface area (Å²) in [5.41, 5.74) is 2.78. The number of aromatic nitrogens is 2. The average molecular weight is 437 g/mol. The summed E-state index contributed by atoms with van der Waals surface area (Å²) in [5, 5.41) is 21.3. The molecule has 0 unspecified atom stereocenters. The Morgan fingerprint density at radius 1 is 1.03 bits per heavy atom. The molecule has 1 aromatic heterocycles.